The van der Waals surface area contributed by atoms with Crippen LogP contribution in [0.25, 0.3) is 0 Å². The minimum atomic E-state index is -3.73. The first-order valence-electron chi connectivity index (χ1n) is 10.3. The number of rotatable bonds is 7. The smallest absolute Gasteiger partial charge is 0.262 e. The van der Waals surface area contributed by atoms with Crippen LogP contribution in [-0.4, -0.2) is 20.9 Å². The number of nitrogens with one attached hydrogen (secondary N) is 2. The van der Waals surface area contributed by atoms with E-state index in [1.807, 2.05) is 43.3 Å². The Hall–Kier alpha value is -3.32. The van der Waals surface area contributed by atoms with Gasteiger partial charge in [-0.05, 0) is 59.9 Å². The Balaban J connectivity index is 1.62. The van der Waals surface area contributed by atoms with Gasteiger partial charge in [0.25, 0.3) is 15.9 Å². The zero-order chi connectivity index (χ0) is 23.4. The second-order valence-electron chi connectivity index (χ2n) is 8.53. The average molecular weight is 453 g/mol. The molecule has 0 fully saturated rings. The molecule has 2 N–H and O–H groups in total. The molecule has 0 radical (unpaired) electrons. The van der Waals surface area contributed by atoms with Gasteiger partial charge in [0.1, 0.15) is 5.75 Å². The van der Waals surface area contributed by atoms with E-state index in [1.54, 1.807) is 24.3 Å². The Labute approximate surface area is 189 Å². The summed E-state index contributed by atoms with van der Waals surface area (Å²) in [7, 11) is -3.73. The lowest BCUT2D eigenvalue weighted by molar-refractivity contribution is -0.118. The molecule has 0 aliphatic heterocycles. The molecule has 0 aromatic heterocycles. The highest BCUT2D eigenvalue weighted by atomic mass is 32.2. The summed E-state index contributed by atoms with van der Waals surface area (Å²) in [6, 6.07) is 20.8. The molecule has 32 heavy (non-hydrogen) atoms. The predicted molar refractivity (Wildman–Crippen MR) is 128 cm³/mol. The number of amides is 1. The molecule has 1 amide bonds. The van der Waals surface area contributed by atoms with Gasteiger partial charge in [0.2, 0.25) is 0 Å². The Morgan fingerprint density at radius 2 is 1.53 bits per heavy atom. The normalized spacial score (nSPS) is 11.6. The van der Waals surface area contributed by atoms with Crippen molar-refractivity contribution >= 4 is 27.3 Å². The van der Waals surface area contributed by atoms with Gasteiger partial charge in [-0.1, -0.05) is 57.2 Å². The Morgan fingerprint density at radius 3 is 2.19 bits per heavy atom. The minimum Gasteiger partial charge on any atom is -0.483 e. The van der Waals surface area contributed by atoms with Gasteiger partial charge >= 0.3 is 0 Å². The van der Waals surface area contributed by atoms with Crippen molar-refractivity contribution in [2.75, 3.05) is 16.6 Å². The number of carbonyl (C=O) groups excluding carboxylic acids is 1. The summed E-state index contributed by atoms with van der Waals surface area (Å²) in [4.78, 5) is 12.4. The zero-order valence-electron chi connectivity index (χ0n) is 18.7. The molecule has 0 aliphatic carbocycles. The van der Waals surface area contributed by atoms with Crippen LogP contribution in [0.4, 0.5) is 11.4 Å². The number of anilines is 2. The van der Waals surface area contributed by atoms with E-state index in [0.717, 1.165) is 11.1 Å². The third-order valence-corrected chi connectivity index (χ3v) is 6.27. The molecule has 0 atom stereocenters. The molecule has 3 aromatic rings. The molecule has 0 unspecified atom stereocenters. The summed E-state index contributed by atoms with van der Waals surface area (Å²) >= 11 is 0. The highest BCUT2D eigenvalue weighted by Gasteiger charge is 2.19. The zero-order valence-corrected chi connectivity index (χ0v) is 19.5. The molecule has 0 aliphatic rings. The molecular formula is C25H28N2O4S. The maximum atomic E-state index is 12.6. The largest absolute Gasteiger partial charge is 0.483 e. The quantitative estimate of drug-likeness (QED) is 0.522. The number of aryl methyl sites for hydroxylation is 1. The van der Waals surface area contributed by atoms with Crippen LogP contribution >= 0.6 is 0 Å². The number of ether oxygens (including phenoxy) is 1. The van der Waals surface area contributed by atoms with Gasteiger partial charge in [-0.25, -0.2) is 8.42 Å². The highest BCUT2D eigenvalue weighted by molar-refractivity contribution is 7.92. The number of carbonyl (C=O) groups is 1. The van der Waals surface area contributed by atoms with Crippen LogP contribution in [-0.2, 0) is 20.2 Å². The van der Waals surface area contributed by atoms with Crippen molar-refractivity contribution in [3.63, 3.8) is 0 Å². The van der Waals surface area contributed by atoms with E-state index in [9.17, 15) is 13.2 Å². The van der Waals surface area contributed by atoms with Crippen LogP contribution in [0.1, 0.15) is 31.9 Å². The van der Waals surface area contributed by atoms with Gasteiger partial charge in [-0.3, -0.25) is 9.52 Å². The summed E-state index contributed by atoms with van der Waals surface area (Å²) in [5.74, 6) is 0.334. The maximum Gasteiger partial charge on any atom is 0.262 e. The lowest BCUT2D eigenvalue weighted by atomic mass is 9.86. The SMILES string of the molecule is Cc1ccccc1NS(=O)(=O)c1ccc(NC(=O)COc2ccccc2C(C)(C)C)cc1. The minimum absolute atomic E-state index is 0.106. The molecule has 6 nitrogen and oxygen atoms in total. The van der Waals surface area contributed by atoms with E-state index in [-0.39, 0.29) is 22.8 Å². The van der Waals surface area contributed by atoms with Crippen molar-refractivity contribution in [1.29, 1.82) is 0 Å². The maximum absolute atomic E-state index is 12.6. The van der Waals surface area contributed by atoms with E-state index in [0.29, 0.717) is 17.1 Å². The van der Waals surface area contributed by atoms with Gasteiger partial charge in [-0.15, -0.1) is 0 Å². The van der Waals surface area contributed by atoms with Crippen molar-refractivity contribution in [3.05, 3.63) is 83.9 Å². The number of sulfonamides is 1. The molecule has 0 saturated carbocycles. The molecule has 0 heterocycles. The van der Waals surface area contributed by atoms with E-state index >= 15 is 0 Å². The van der Waals surface area contributed by atoms with Gasteiger partial charge in [0, 0.05) is 5.69 Å². The van der Waals surface area contributed by atoms with Crippen LogP contribution in [0.5, 0.6) is 5.75 Å². The first kappa shape index (κ1) is 23.3. The highest BCUT2D eigenvalue weighted by Crippen LogP contribution is 2.31. The lowest BCUT2D eigenvalue weighted by Crippen LogP contribution is -2.22. The summed E-state index contributed by atoms with van der Waals surface area (Å²) in [6.45, 7) is 7.93. The molecule has 0 spiro atoms. The molecule has 0 saturated heterocycles. The Bertz CT molecular complexity index is 1200. The molecule has 3 rings (SSSR count). The second kappa shape index (κ2) is 9.44. The summed E-state index contributed by atoms with van der Waals surface area (Å²) in [5.41, 5.74) is 2.74. The van der Waals surface area contributed by atoms with Crippen LogP contribution in [0.2, 0.25) is 0 Å². The number of hydrogen-bond acceptors (Lipinski definition) is 4. The number of hydrogen-bond donors (Lipinski definition) is 2. The molecule has 0 bridgehead atoms. The Morgan fingerprint density at radius 1 is 0.906 bits per heavy atom. The lowest BCUT2D eigenvalue weighted by Gasteiger charge is -2.22. The standard InChI is InChI=1S/C25H28N2O4S/c1-18-9-5-7-11-22(18)27-32(29,30)20-15-13-19(14-16-20)26-24(28)17-31-23-12-8-6-10-21(23)25(2,3)4/h5-16,27H,17H2,1-4H3,(H,26,28). The summed E-state index contributed by atoms with van der Waals surface area (Å²) in [5, 5.41) is 2.73. The third kappa shape index (κ3) is 5.88. The van der Waals surface area contributed by atoms with Crippen molar-refractivity contribution in [2.24, 2.45) is 0 Å². The predicted octanol–water partition coefficient (Wildman–Crippen LogP) is 5.11. The molecule has 7 heteroatoms. The summed E-state index contributed by atoms with van der Waals surface area (Å²) in [6.07, 6.45) is 0. The van der Waals surface area contributed by atoms with E-state index in [1.165, 1.54) is 12.1 Å². The fourth-order valence-corrected chi connectivity index (χ4v) is 4.29. The van der Waals surface area contributed by atoms with Crippen LogP contribution < -0.4 is 14.8 Å². The topological polar surface area (TPSA) is 84.5 Å². The fourth-order valence-electron chi connectivity index (χ4n) is 3.16. The average Bonchev–Trinajstić information content (AvgIpc) is 2.74. The molecular weight excluding hydrogens is 424 g/mol. The fraction of sp³-hybridized carbons (Fsp3) is 0.240. The monoisotopic (exact) mass is 452 g/mol. The van der Waals surface area contributed by atoms with Gasteiger partial charge in [0.15, 0.2) is 6.61 Å². The van der Waals surface area contributed by atoms with Gasteiger partial charge in [0.05, 0.1) is 10.6 Å². The van der Waals surface area contributed by atoms with Crippen LogP contribution in [0.3, 0.4) is 0 Å². The van der Waals surface area contributed by atoms with Crippen molar-refractivity contribution in [3.8, 4) is 5.75 Å². The number of benzene rings is 3. The van der Waals surface area contributed by atoms with Crippen molar-refractivity contribution in [1.82, 2.24) is 0 Å². The van der Waals surface area contributed by atoms with Gasteiger partial charge < -0.3 is 10.1 Å². The number of para-hydroxylation sites is 2. The van der Waals surface area contributed by atoms with Crippen molar-refractivity contribution < 1.29 is 17.9 Å². The van der Waals surface area contributed by atoms with Crippen LogP contribution in [0, 0.1) is 6.92 Å². The van der Waals surface area contributed by atoms with E-state index in [2.05, 4.69) is 30.8 Å². The van der Waals surface area contributed by atoms with Gasteiger partial charge in [-0.2, -0.15) is 0 Å². The summed E-state index contributed by atoms with van der Waals surface area (Å²) < 4.78 is 33.6. The first-order valence-corrected chi connectivity index (χ1v) is 11.8. The third-order valence-electron chi connectivity index (χ3n) is 4.89. The molecule has 3 aromatic carbocycles. The Kier molecular flexibility index (Phi) is 6.89. The second-order valence-corrected chi connectivity index (χ2v) is 10.2. The first-order chi connectivity index (χ1) is 15.1. The molecule has 168 valence electrons. The van der Waals surface area contributed by atoms with E-state index in [4.69, 9.17) is 4.74 Å². The van der Waals surface area contributed by atoms with E-state index < -0.39 is 10.0 Å². The van der Waals surface area contributed by atoms with Crippen molar-refractivity contribution in [2.45, 2.75) is 38.0 Å². The van der Waals surface area contributed by atoms with Crippen LogP contribution in [0.15, 0.2) is 77.7 Å².